The molecule has 1 aromatic heterocycles. The Balaban J connectivity index is 2.08. The van der Waals surface area contributed by atoms with Crippen molar-refractivity contribution in [1.82, 2.24) is 14.7 Å². The SMILES string of the molecule is Cn1nc(C2CCC(=O)N(CO)C2=O)c2cc(C#CCN)ccc21. The Bertz CT molecular complexity index is 875. The van der Waals surface area contributed by atoms with Crippen molar-refractivity contribution >= 4 is 22.7 Å². The van der Waals surface area contributed by atoms with Gasteiger partial charge in [-0.1, -0.05) is 11.8 Å². The van der Waals surface area contributed by atoms with E-state index < -0.39 is 18.6 Å². The molecule has 0 spiro atoms. The number of aryl methyl sites for hydroxylation is 1. The number of rotatable bonds is 2. The number of hydrogen-bond acceptors (Lipinski definition) is 5. The smallest absolute Gasteiger partial charge is 0.240 e. The van der Waals surface area contributed by atoms with Gasteiger partial charge in [0.2, 0.25) is 11.8 Å². The van der Waals surface area contributed by atoms with E-state index in [-0.39, 0.29) is 18.9 Å². The molecular weight excluding hydrogens is 308 g/mol. The molecular formula is C17H18N4O3. The number of fused-ring (bicyclic) bond motifs is 1. The lowest BCUT2D eigenvalue weighted by molar-refractivity contribution is -0.153. The Morgan fingerprint density at radius 3 is 2.92 bits per heavy atom. The van der Waals surface area contributed by atoms with Crippen LogP contribution in [-0.4, -0.2) is 44.9 Å². The minimum absolute atomic E-state index is 0.210. The van der Waals surface area contributed by atoms with Gasteiger partial charge in [0, 0.05) is 24.4 Å². The minimum atomic E-state index is -0.605. The van der Waals surface area contributed by atoms with Gasteiger partial charge >= 0.3 is 0 Å². The molecule has 2 amide bonds. The summed E-state index contributed by atoms with van der Waals surface area (Å²) in [5, 5.41) is 14.6. The Hall–Kier alpha value is -2.69. The summed E-state index contributed by atoms with van der Waals surface area (Å²) in [6.45, 7) is -0.335. The second-order valence-electron chi connectivity index (χ2n) is 5.64. The molecule has 3 rings (SSSR count). The van der Waals surface area contributed by atoms with E-state index in [9.17, 15) is 14.7 Å². The van der Waals surface area contributed by atoms with Crippen LogP contribution >= 0.6 is 0 Å². The molecule has 1 atom stereocenters. The molecule has 7 nitrogen and oxygen atoms in total. The van der Waals surface area contributed by atoms with Crippen molar-refractivity contribution in [3.05, 3.63) is 29.5 Å². The van der Waals surface area contributed by atoms with Crippen molar-refractivity contribution in [3.63, 3.8) is 0 Å². The number of imide groups is 1. The predicted molar refractivity (Wildman–Crippen MR) is 87.6 cm³/mol. The monoisotopic (exact) mass is 326 g/mol. The zero-order valence-corrected chi connectivity index (χ0v) is 13.3. The molecule has 1 aliphatic heterocycles. The highest BCUT2D eigenvalue weighted by molar-refractivity contribution is 6.02. The molecule has 1 unspecified atom stereocenters. The number of aliphatic hydroxyl groups is 1. The van der Waals surface area contributed by atoms with Crippen molar-refractivity contribution in [2.45, 2.75) is 18.8 Å². The number of amides is 2. The number of aliphatic hydroxyl groups excluding tert-OH is 1. The van der Waals surface area contributed by atoms with E-state index in [1.54, 1.807) is 11.7 Å². The Kier molecular flexibility index (Phi) is 4.34. The van der Waals surface area contributed by atoms with Crippen molar-refractivity contribution < 1.29 is 14.7 Å². The summed E-state index contributed by atoms with van der Waals surface area (Å²) in [5.41, 5.74) is 7.69. The molecule has 3 N–H and O–H groups in total. The van der Waals surface area contributed by atoms with Crippen molar-refractivity contribution in [3.8, 4) is 11.8 Å². The van der Waals surface area contributed by atoms with Crippen molar-refractivity contribution in [1.29, 1.82) is 0 Å². The molecule has 0 radical (unpaired) electrons. The Labute approximate surface area is 139 Å². The van der Waals surface area contributed by atoms with Crippen molar-refractivity contribution in [2.75, 3.05) is 13.3 Å². The molecule has 1 aliphatic rings. The normalized spacial score (nSPS) is 18.0. The van der Waals surface area contributed by atoms with Gasteiger partial charge in [-0.3, -0.25) is 19.2 Å². The summed E-state index contributed by atoms with van der Waals surface area (Å²) >= 11 is 0. The highest BCUT2D eigenvalue weighted by Crippen LogP contribution is 2.33. The molecule has 0 aliphatic carbocycles. The van der Waals surface area contributed by atoms with Gasteiger partial charge in [-0.25, -0.2) is 0 Å². The molecule has 7 heteroatoms. The van der Waals surface area contributed by atoms with Gasteiger partial charge < -0.3 is 10.8 Å². The van der Waals surface area contributed by atoms with Gasteiger partial charge in [0.25, 0.3) is 0 Å². The first kappa shape index (κ1) is 16.2. The third-order valence-corrected chi connectivity index (χ3v) is 4.20. The zero-order valence-electron chi connectivity index (χ0n) is 13.3. The molecule has 2 heterocycles. The van der Waals surface area contributed by atoms with Gasteiger partial charge in [-0.05, 0) is 24.6 Å². The number of piperidine rings is 1. The van der Waals surface area contributed by atoms with E-state index in [1.807, 2.05) is 18.2 Å². The molecule has 2 aromatic rings. The fourth-order valence-corrected chi connectivity index (χ4v) is 3.02. The number of benzene rings is 1. The van der Waals surface area contributed by atoms with E-state index in [1.165, 1.54) is 0 Å². The number of nitrogens with zero attached hydrogens (tertiary/aromatic N) is 3. The quantitative estimate of drug-likeness (QED) is 0.600. The first-order valence-electron chi connectivity index (χ1n) is 7.67. The van der Waals surface area contributed by atoms with Gasteiger partial charge in [0.1, 0.15) is 6.73 Å². The number of likely N-dealkylation sites (tertiary alicyclic amines) is 1. The fourth-order valence-electron chi connectivity index (χ4n) is 3.02. The van der Waals surface area contributed by atoms with E-state index in [2.05, 4.69) is 16.9 Å². The maximum atomic E-state index is 12.5. The Morgan fingerprint density at radius 1 is 1.42 bits per heavy atom. The highest BCUT2D eigenvalue weighted by Gasteiger charge is 2.37. The third-order valence-electron chi connectivity index (χ3n) is 4.20. The van der Waals surface area contributed by atoms with Crippen LogP contribution in [0, 0.1) is 11.8 Å². The third kappa shape index (κ3) is 2.66. The van der Waals surface area contributed by atoms with Crippen LogP contribution in [0.3, 0.4) is 0 Å². The molecule has 1 saturated heterocycles. The van der Waals surface area contributed by atoms with Gasteiger partial charge in [0.05, 0.1) is 23.7 Å². The van der Waals surface area contributed by atoms with Crippen LogP contribution in [0.25, 0.3) is 10.9 Å². The summed E-state index contributed by atoms with van der Waals surface area (Å²) in [7, 11) is 1.80. The maximum Gasteiger partial charge on any atom is 0.240 e. The summed E-state index contributed by atoms with van der Waals surface area (Å²) in [4.78, 5) is 25.2. The van der Waals surface area contributed by atoms with Crippen LogP contribution in [0.4, 0.5) is 0 Å². The van der Waals surface area contributed by atoms with Crippen LogP contribution in [-0.2, 0) is 16.6 Å². The molecule has 0 saturated carbocycles. The van der Waals surface area contributed by atoms with Gasteiger partial charge in [-0.15, -0.1) is 0 Å². The van der Waals surface area contributed by atoms with Crippen LogP contribution in [0.15, 0.2) is 18.2 Å². The van der Waals surface area contributed by atoms with Gasteiger partial charge in [0.15, 0.2) is 0 Å². The molecule has 0 bridgehead atoms. The number of aromatic nitrogens is 2. The molecule has 1 fully saturated rings. The maximum absolute atomic E-state index is 12.5. The summed E-state index contributed by atoms with van der Waals surface area (Å²) < 4.78 is 1.71. The van der Waals surface area contributed by atoms with Crippen LogP contribution in [0.1, 0.15) is 30.0 Å². The van der Waals surface area contributed by atoms with Gasteiger partial charge in [-0.2, -0.15) is 5.10 Å². The molecule has 24 heavy (non-hydrogen) atoms. The topological polar surface area (TPSA) is 101 Å². The van der Waals surface area contributed by atoms with E-state index >= 15 is 0 Å². The predicted octanol–water partition coefficient (Wildman–Crippen LogP) is 0.0659. The number of hydrogen-bond donors (Lipinski definition) is 2. The summed E-state index contributed by atoms with van der Waals surface area (Å²) in [6.07, 6.45) is 0.598. The van der Waals surface area contributed by atoms with Crippen LogP contribution in [0.5, 0.6) is 0 Å². The Morgan fingerprint density at radius 2 is 2.21 bits per heavy atom. The molecule has 1 aromatic carbocycles. The first-order valence-corrected chi connectivity index (χ1v) is 7.67. The second kappa shape index (κ2) is 6.43. The lowest BCUT2D eigenvalue weighted by Crippen LogP contribution is -2.44. The van der Waals surface area contributed by atoms with Crippen LogP contribution in [0.2, 0.25) is 0 Å². The highest BCUT2D eigenvalue weighted by atomic mass is 16.3. The van der Waals surface area contributed by atoms with Crippen molar-refractivity contribution in [2.24, 2.45) is 12.8 Å². The average Bonchev–Trinajstić information content (AvgIpc) is 2.90. The first-order chi connectivity index (χ1) is 11.6. The molecule has 124 valence electrons. The number of nitrogens with two attached hydrogens (primary N) is 1. The lowest BCUT2D eigenvalue weighted by atomic mass is 9.91. The zero-order chi connectivity index (χ0) is 17.3. The number of carbonyl (C=O) groups excluding carboxylic acids is 2. The minimum Gasteiger partial charge on any atom is -0.376 e. The summed E-state index contributed by atoms with van der Waals surface area (Å²) in [6, 6.07) is 5.66. The van der Waals surface area contributed by atoms with E-state index in [4.69, 9.17) is 5.73 Å². The van der Waals surface area contributed by atoms with E-state index in [0.717, 1.165) is 21.4 Å². The lowest BCUT2D eigenvalue weighted by Gasteiger charge is -2.28. The van der Waals surface area contributed by atoms with Crippen LogP contribution < -0.4 is 5.73 Å². The summed E-state index contributed by atoms with van der Waals surface area (Å²) in [5.74, 6) is 4.47. The largest absolute Gasteiger partial charge is 0.376 e. The average molecular weight is 326 g/mol. The fraction of sp³-hybridized carbons (Fsp3) is 0.353. The standard InChI is InChI=1S/C17H18N4O3/c1-20-14-6-4-11(3-2-8-18)9-13(14)16(19-20)12-5-7-15(23)21(10-22)17(12)24/h4,6,9,12,22H,5,7-8,10,18H2,1H3. The second-order valence-corrected chi connectivity index (χ2v) is 5.64. The van der Waals surface area contributed by atoms with E-state index in [0.29, 0.717) is 12.1 Å². The number of carbonyl (C=O) groups is 2.